The minimum atomic E-state index is -0.682. The Morgan fingerprint density at radius 2 is 1.71 bits per heavy atom. The van der Waals surface area contributed by atoms with Gasteiger partial charge in [-0.15, -0.1) is 11.8 Å². The number of benzene rings is 1. The number of carbonyl (C=O) groups excluding carboxylic acids is 3. The zero-order valence-corrected chi connectivity index (χ0v) is 32.9. The Labute approximate surface area is 312 Å². The van der Waals surface area contributed by atoms with Gasteiger partial charge in [0.05, 0.1) is 24.9 Å². The second kappa shape index (κ2) is 17.3. The van der Waals surface area contributed by atoms with Crippen LogP contribution < -0.4 is 0 Å². The van der Waals surface area contributed by atoms with Crippen molar-refractivity contribution in [1.29, 1.82) is 0 Å². The lowest BCUT2D eigenvalue weighted by Gasteiger charge is -2.62. The molecule has 0 spiro atoms. The third kappa shape index (κ3) is 9.27. The van der Waals surface area contributed by atoms with Gasteiger partial charge in [-0.05, 0) is 110 Å². The number of carbonyl (C=O) groups is 3. The fraction of sp³-hybridized carbons (Fsp3) is 0.769. The van der Waals surface area contributed by atoms with Crippen molar-refractivity contribution in [2.24, 2.45) is 44.2 Å². The van der Waals surface area contributed by atoms with Crippen LogP contribution in [0.25, 0.3) is 20.9 Å². The average molecular weight is 739 g/mol. The van der Waals surface area contributed by atoms with Gasteiger partial charge in [-0.2, -0.15) is 0 Å². The van der Waals surface area contributed by atoms with Crippen LogP contribution in [0.2, 0.25) is 0 Å². The first-order valence-electron chi connectivity index (χ1n) is 18.9. The van der Waals surface area contributed by atoms with Gasteiger partial charge < -0.3 is 14.6 Å². The van der Waals surface area contributed by atoms with Gasteiger partial charge in [0.2, 0.25) is 0 Å². The SMILES string of the molecule is C[C@@H]1CC[C@@]23CCC(=O)[C@H]2[C@]1(C)[C@H](OC(=O)CSc1cc(CN=[N+]=[N-])ccc1CN=[N+]=[N-])C[C@](C)(CCCCCCC(=O)OC(C)(C)C)[C@@H](O)[C@@H]3C. The Balaban J connectivity index is 1.57. The van der Waals surface area contributed by atoms with E-state index in [1.165, 1.54) is 11.8 Å². The number of aliphatic hydroxyl groups is 1. The Morgan fingerprint density at radius 3 is 2.40 bits per heavy atom. The lowest BCUT2D eigenvalue weighted by molar-refractivity contribution is -0.211. The van der Waals surface area contributed by atoms with E-state index >= 15 is 0 Å². The molecule has 0 unspecified atom stereocenters. The van der Waals surface area contributed by atoms with Crippen LogP contribution in [-0.2, 0) is 36.9 Å². The minimum absolute atomic E-state index is 0.00766. The van der Waals surface area contributed by atoms with Crippen LogP contribution in [0, 0.1) is 34.0 Å². The van der Waals surface area contributed by atoms with Crippen molar-refractivity contribution >= 4 is 29.5 Å². The van der Waals surface area contributed by atoms with Crippen LogP contribution in [0.1, 0.15) is 130 Å². The Kier molecular flexibility index (Phi) is 13.8. The van der Waals surface area contributed by atoms with E-state index in [-0.39, 0.29) is 53.8 Å². The summed E-state index contributed by atoms with van der Waals surface area (Å²) in [4.78, 5) is 46.5. The highest BCUT2D eigenvalue weighted by Gasteiger charge is 2.68. The minimum Gasteiger partial charge on any atom is -0.461 e. The summed E-state index contributed by atoms with van der Waals surface area (Å²) >= 11 is 1.28. The van der Waals surface area contributed by atoms with Crippen molar-refractivity contribution in [1.82, 2.24) is 0 Å². The van der Waals surface area contributed by atoms with Gasteiger partial charge in [-0.3, -0.25) is 14.4 Å². The number of nitrogens with zero attached hydrogens (tertiary/aromatic N) is 6. The van der Waals surface area contributed by atoms with Crippen LogP contribution in [0.3, 0.4) is 0 Å². The molecule has 4 rings (SSSR count). The van der Waals surface area contributed by atoms with Gasteiger partial charge in [-0.1, -0.05) is 69.3 Å². The third-order valence-electron chi connectivity index (χ3n) is 12.6. The van der Waals surface area contributed by atoms with E-state index < -0.39 is 34.6 Å². The standard InChI is InChI=1S/C39H58N6O6S/c1-25-15-18-39-19-16-29(46)34(39)38(25,7)31(50-33(48)24-52-30-20-27(22-42-44-40)13-14-28(30)23-43-45-41)21-37(6,35(49)26(39)2)17-11-9-8-10-12-32(47)51-36(3,4)5/h13-14,20,25-26,31,34-35,49H,8-12,15-19,21-24H2,1-7H3/t25-,26+,31-,34+,35+,37+,38+,39+/m1/s1. The Morgan fingerprint density at radius 1 is 1.02 bits per heavy atom. The van der Waals surface area contributed by atoms with Crippen molar-refractivity contribution in [2.45, 2.75) is 155 Å². The summed E-state index contributed by atoms with van der Waals surface area (Å²) in [6.45, 7) is 14.5. The quantitative estimate of drug-likeness (QED) is 0.0463. The largest absolute Gasteiger partial charge is 0.461 e. The molecule has 286 valence electrons. The predicted octanol–water partition coefficient (Wildman–Crippen LogP) is 9.80. The van der Waals surface area contributed by atoms with Crippen LogP contribution >= 0.6 is 11.8 Å². The molecule has 0 aromatic heterocycles. The number of esters is 2. The maximum Gasteiger partial charge on any atom is 0.316 e. The van der Waals surface area contributed by atoms with Crippen molar-refractivity contribution in [3.8, 4) is 0 Å². The van der Waals surface area contributed by atoms with Crippen LogP contribution in [-0.4, -0.2) is 46.4 Å². The second-order valence-electron chi connectivity index (χ2n) is 17.0. The molecule has 3 fully saturated rings. The maximum absolute atomic E-state index is 13.9. The summed E-state index contributed by atoms with van der Waals surface area (Å²) in [5.41, 5.74) is 17.2. The first kappa shape index (κ1) is 41.5. The van der Waals surface area contributed by atoms with Crippen LogP contribution in [0.5, 0.6) is 0 Å². The number of Topliss-reactive ketones (excluding diaryl/α,β-unsaturated/α-hetero) is 1. The molecule has 12 nitrogen and oxygen atoms in total. The van der Waals surface area contributed by atoms with E-state index in [0.29, 0.717) is 19.3 Å². The number of azide groups is 2. The van der Waals surface area contributed by atoms with Crippen molar-refractivity contribution < 1.29 is 29.0 Å². The third-order valence-corrected chi connectivity index (χ3v) is 13.6. The van der Waals surface area contributed by atoms with E-state index in [1.54, 1.807) is 12.1 Å². The molecule has 0 heterocycles. The predicted molar refractivity (Wildman–Crippen MR) is 201 cm³/mol. The molecule has 0 aliphatic heterocycles. The summed E-state index contributed by atoms with van der Waals surface area (Å²) in [7, 11) is 0. The fourth-order valence-corrected chi connectivity index (χ4v) is 10.6. The number of rotatable bonds is 15. The topological polar surface area (TPSA) is 187 Å². The average Bonchev–Trinajstić information content (AvgIpc) is 3.44. The molecular formula is C39H58N6O6S. The number of unbranched alkanes of at least 4 members (excludes halogenated alkanes) is 3. The highest BCUT2D eigenvalue weighted by atomic mass is 32.2. The van der Waals surface area contributed by atoms with Crippen molar-refractivity contribution in [3.63, 3.8) is 0 Å². The molecule has 52 heavy (non-hydrogen) atoms. The summed E-state index contributed by atoms with van der Waals surface area (Å²) in [5.74, 6) is -0.647. The van der Waals surface area contributed by atoms with E-state index in [0.717, 1.165) is 67.4 Å². The summed E-state index contributed by atoms with van der Waals surface area (Å²) in [6, 6.07) is 5.45. The molecule has 1 aromatic carbocycles. The zero-order chi connectivity index (χ0) is 38.3. The molecule has 0 radical (unpaired) electrons. The molecule has 3 saturated carbocycles. The van der Waals surface area contributed by atoms with Crippen LogP contribution in [0.4, 0.5) is 0 Å². The van der Waals surface area contributed by atoms with E-state index in [1.807, 2.05) is 26.8 Å². The van der Waals surface area contributed by atoms with E-state index in [9.17, 15) is 19.5 Å². The number of ketones is 1. The number of ether oxygens (including phenoxy) is 2. The molecule has 3 aliphatic carbocycles. The fourth-order valence-electron chi connectivity index (χ4n) is 9.66. The molecule has 3 aliphatic rings. The lowest BCUT2D eigenvalue weighted by Crippen LogP contribution is -2.63. The molecule has 0 saturated heterocycles. The highest BCUT2D eigenvalue weighted by Crippen LogP contribution is 2.68. The second-order valence-corrected chi connectivity index (χ2v) is 18.0. The Bertz CT molecular complexity index is 1570. The molecule has 13 heteroatoms. The molecule has 8 atom stereocenters. The lowest BCUT2D eigenvalue weighted by atomic mass is 9.43. The monoisotopic (exact) mass is 738 g/mol. The summed E-state index contributed by atoms with van der Waals surface area (Å²) < 4.78 is 12.0. The molecule has 1 aromatic rings. The van der Waals surface area contributed by atoms with Gasteiger partial charge in [0.25, 0.3) is 0 Å². The van der Waals surface area contributed by atoms with Gasteiger partial charge in [0.15, 0.2) is 0 Å². The molecule has 0 amide bonds. The smallest absolute Gasteiger partial charge is 0.316 e. The van der Waals surface area contributed by atoms with Gasteiger partial charge >= 0.3 is 11.9 Å². The van der Waals surface area contributed by atoms with E-state index in [4.69, 9.17) is 20.5 Å². The first-order chi connectivity index (χ1) is 24.5. The summed E-state index contributed by atoms with van der Waals surface area (Å²) in [6.07, 6.45) is 6.65. The highest BCUT2D eigenvalue weighted by molar-refractivity contribution is 8.00. The molecule has 1 N–H and O–H groups in total. The Hall–Kier alpha value is -3.24. The molecule has 2 bridgehead atoms. The molecular weight excluding hydrogens is 681 g/mol. The number of aliphatic hydroxyl groups excluding tert-OH is 1. The van der Waals surface area contributed by atoms with Crippen LogP contribution in [0.15, 0.2) is 33.3 Å². The number of thioether (sulfide) groups is 1. The van der Waals surface area contributed by atoms with Gasteiger partial charge in [0.1, 0.15) is 17.5 Å². The van der Waals surface area contributed by atoms with Crippen molar-refractivity contribution in [2.75, 3.05) is 5.75 Å². The normalized spacial score (nSPS) is 31.3. The van der Waals surface area contributed by atoms with Gasteiger partial charge in [-0.25, -0.2) is 0 Å². The van der Waals surface area contributed by atoms with E-state index in [2.05, 4.69) is 47.7 Å². The number of hydrogen-bond donors (Lipinski definition) is 1. The maximum atomic E-state index is 13.9. The van der Waals surface area contributed by atoms with Gasteiger partial charge in [0, 0.05) is 38.9 Å². The zero-order valence-electron chi connectivity index (χ0n) is 32.1. The number of hydrogen-bond acceptors (Lipinski definition) is 9. The van der Waals surface area contributed by atoms with Crippen molar-refractivity contribution in [3.05, 3.63) is 50.2 Å². The first-order valence-corrected chi connectivity index (χ1v) is 19.9. The summed E-state index contributed by atoms with van der Waals surface area (Å²) in [5, 5.41) is 19.6.